The number of fused-ring (bicyclic) bond motifs is 4. The van der Waals surface area contributed by atoms with E-state index in [1.807, 2.05) is 6.92 Å². The third kappa shape index (κ3) is 4.58. The Kier molecular flexibility index (Phi) is 6.27. The van der Waals surface area contributed by atoms with Gasteiger partial charge < -0.3 is 14.5 Å². The molecule has 132 valence electrons. The first-order valence-corrected chi connectivity index (χ1v) is 9.39. The molecular weight excluding hydrogens is 300 g/mol. The van der Waals surface area contributed by atoms with E-state index in [1.54, 1.807) is 0 Å². The second-order valence-electron chi connectivity index (χ2n) is 7.13. The summed E-state index contributed by atoms with van der Waals surface area (Å²) in [7, 11) is 0. The summed E-state index contributed by atoms with van der Waals surface area (Å²) in [6.45, 7) is 7.03. The van der Waals surface area contributed by atoms with Crippen LogP contribution < -0.4 is 0 Å². The largest absolute Gasteiger partial charge is 0.372 e. The Morgan fingerprint density at radius 2 is 2.00 bits per heavy atom. The van der Waals surface area contributed by atoms with Crippen molar-refractivity contribution in [3.8, 4) is 0 Å². The minimum atomic E-state index is 0.178. The van der Waals surface area contributed by atoms with Crippen LogP contribution in [0.5, 0.6) is 0 Å². The molecule has 3 aliphatic heterocycles. The molecule has 1 aromatic rings. The molecule has 3 heterocycles. The van der Waals surface area contributed by atoms with Gasteiger partial charge in [-0.3, -0.25) is 4.79 Å². The predicted octanol–water partition coefficient (Wildman–Crippen LogP) is 2.58. The van der Waals surface area contributed by atoms with Crippen LogP contribution in [-0.4, -0.2) is 61.1 Å². The van der Waals surface area contributed by atoms with Gasteiger partial charge in [0.15, 0.2) is 0 Å². The minimum absolute atomic E-state index is 0.178. The monoisotopic (exact) mass is 330 g/mol. The fraction of sp³-hybridized carbons (Fsp3) is 0.650. The molecule has 24 heavy (non-hydrogen) atoms. The summed E-state index contributed by atoms with van der Waals surface area (Å²) < 4.78 is 5.33. The number of carbonyl (C=O) groups is 1. The fourth-order valence-electron chi connectivity index (χ4n) is 4.09. The van der Waals surface area contributed by atoms with Gasteiger partial charge in [0.05, 0.1) is 0 Å². The van der Waals surface area contributed by atoms with Crippen molar-refractivity contribution in [2.24, 2.45) is 5.92 Å². The zero-order valence-corrected chi connectivity index (χ0v) is 14.8. The molecule has 3 aliphatic rings. The number of hydrogen-bond donors (Lipinski definition) is 0. The van der Waals surface area contributed by atoms with Crippen molar-refractivity contribution in [2.75, 3.05) is 39.4 Å². The zero-order valence-electron chi connectivity index (χ0n) is 14.8. The first kappa shape index (κ1) is 17.4. The number of carbonyl (C=O) groups excluding carboxylic acids is 1. The van der Waals surface area contributed by atoms with Crippen LogP contribution in [0.4, 0.5) is 0 Å². The maximum absolute atomic E-state index is 12.4. The van der Waals surface area contributed by atoms with Gasteiger partial charge in [-0.15, -0.1) is 0 Å². The second-order valence-corrected chi connectivity index (χ2v) is 7.13. The average Bonchev–Trinajstić information content (AvgIpc) is 2.91. The van der Waals surface area contributed by atoms with E-state index in [-0.39, 0.29) is 12.5 Å². The zero-order chi connectivity index (χ0) is 16.8. The van der Waals surface area contributed by atoms with Crippen LogP contribution in [0.15, 0.2) is 30.3 Å². The standard InChI is InChI=1S/C20H30N2O2/c1-2-24-16-20(23)22-14-18-10-11-19(22)15-21(13-18)12-6-9-17-7-4-3-5-8-17/h3-5,7-8,18-19H,2,6,9-16H2,1H3/t18-,19+/m0/s1. The van der Waals surface area contributed by atoms with Crippen molar-refractivity contribution in [1.29, 1.82) is 0 Å². The first-order valence-electron chi connectivity index (χ1n) is 9.39. The van der Waals surface area contributed by atoms with E-state index in [2.05, 4.69) is 40.1 Å². The van der Waals surface area contributed by atoms with E-state index in [0.29, 0.717) is 18.6 Å². The maximum Gasteiger partial charge on any atom is 0.248 e. The molecule has 0 aliphatic carbocycles. The lowest BCUT2D eigenvalue weighted by atomic mass is 9.95. The van der Waals surface area contributed by atoms with Crippen LogP contribution in [0.25, 0.3) is 0 Å². The molecule has 4 rings (SSSR count). The Labute approximate surface area is 145 Å². The third-order valence-corrected chi connectivity index (χ3v) is 5.32. The summed E-state index contributed by atoms with van der Waals surface area (Å²) in [6.07, 6.45) is 4.74. The van der Waals surface area contributed by atoms with Gasteiger partial charge in [0, 0.05) is 32.3 Å². The Morgan fingerprint density at radius 3 is 2.79 bits per heavy atom. The van der Waals surface area contributed by atoms with Crippen LogP contribution in [0.2, 0.25) is 0 Å². The lowest BCUT2D eigenvalue weighted by molar-refractivity contribution is -0.140. The number of rotatable bonds is 7. The van der Waals surface area contributed by atoms with Crippen molar-refractivity contribution < 1.29 is 9.53 Å². The highest BCUT2D eigenvalue weighted by molar-refractivity contribution is 5.78. The summed E-state index contributed by atoms with van der Waals surface area (Å²) >= 11 is 0. The first-order chi connectivity index (χ1) is 11.8. The molecule has 0 N–H and O–H groups in total. The van der Waals surface area contributed by atoms with E-state index in [1.165, 1.54) is 18.4 Å². The molecule has 4 nitrogen and oxygen atoms in total. The summed E-state index contributed by atoms with van der Waals surface area (Å²) in [4.78, 5) is 17.1. The molecule has 0 radical (unpaired) electrons. The van der Waals surface area contributed by atoms with Gasteiger partial charge in [-0.1, -0.05) is 30.3 Å². The van der Waals surface area contributed by atoms with Crippen molar-refractivity contribution in [2.45, 2.75) is 38.6 Å². The van der Waals surface area contributed by atoms with E-state index in [0.717, 1.165) is 39.0 Å². The lowest BCUT2D eigenvalue weighted by Gasteiger charge is -2.36. The molecule has 0 spiro atoms. The number of ether oxygens (including phenoxy) is 1. The Morgan fingerprint density at radius 1 is 1.17 bits per heavy atom. The molecule has 3 saturated heterocycles. The van der Waals surface area contributed by atoms with E-state index in [4.69, 9.17) is 4.74 Å². The van der Waals surface area contributed by atoms with Crippen LogP contribution in [0.3, 0.4) is 0 Å². The maximum atomic E-state index is 12.4. The third-order valence-electron chi connectivity index (χ3n) is 5.32. The SMILES string of the molecule is CCOCC(=O)N1C[C@H]2CC[C@@H]1CN(CCCc1ccccc1)C2. The summed E-state index contributed by atoms with van der Waals surface area (Å²) in [5.74, 6) is 0.809. The quantitative estimate of drug-likeness (QED) is 0.770. The molecule has 1 amide bonds. The van der Waals surface area contributed by atoms with Crippen molar-refractivity contribution in [3.05, 3.63) is 35.9 Å². The van der Waals surface area contributed by atoms with Gasteiger partial charge in [0.25, 0.3) is 0 Å². The van der Waals surface area contributed by atoms with Crippen LogP contribution >= 0.6 is 0 Å². The van der Waals surface area contributed by atoms with E-state index < -0.39 is 0 Å². The normalized spacial score (nSPS) is 24.1. The predicted molar refractivity (Wildman–Crippen MR) is 95.9 cm³/mol. The van der Waals surface area contributed by atoms with E-state index >= 15 is 0 Å². The van der Waals surface area contributed by atoms with Gasteiger partial charge in [-0.25, -0.2) is 0 Å². The highest BCUT2D eigenvalue weighted by Gasteiger charge is 2.36. The highest BCUT2D eigenvalue weighted by atomic mass is 16.5. The summed E-state index contributed by atoms with van der Waals surface area (Å²) in [5.41, 5.74) is 1.42. The average molecular weight is 330 g/mol. The number of nitrogens with zero attached hydrogens (tertiary/aromatic N) is 2. The van der Waals surface area contributed by atoms with Crippen LogP contribution in [-0.2, 0) is 16.0 Å². The lowest BCUT2D eigenvalue weighted by Crippen LogP contribution is -2.48. The van der Waals surface area contributed by atoms with Crippen LogP contribution in [0.1, 0.15) is 31.7 Å². The number of hydrogen-bond acceptors (Lipinski definition) is 3. The number of amides is 1. The molecule has 3 fully saturated rings. The second kappa shape index (κ2) is 8.63. The molecule has 4 heteroatoms. The van der Waals surface area contributed by atoms with Crippen molar-refractivity contribution >= 4 is 5.91 Å². The summed E-state index contributed by atoms with van der Waals surface area (Å²) in [5, 5.41) is 0. The smallest absolute Gasteiger partial charge is 0.248 e. The van der Waals surface area contributed by atoms with Gasteiger partial charge in [0.2, 0.25) is 5.91 Å². The molecule has 0 unspecified atom stereocenters. The van der Waals surface area contributed by atoms with Gasteiger partial charge in [-0.05, 0) is 50.6 Å². The highest BCUT2D eigenvalue weighted by Crippen LogP contribution is 2.28. The molecule has 0 saturated carbocycles. The number of benzene rings is 1. The molecule has 1 aromatic carbocycles. The molecular formula is C20H30N2O2. The van der Waals surface area contributed by atoms with Crippen LogP contribution in [0, 0.1) is 5.92 Å². The van der Waals surface area contributed by atoms with Gasteiger partial charge in [0.1, 0.15) is 6.61 Å². The molecule has 2 bridgehead atoms. The van der Waals surface area contributed by atoms with Crippen molar-refractivity contribution in [1.82, 2.24) is 9.80 Å². The van der Waals surface area contributed by atoms with E-state index in [9.17, 15) is 4.79 Å². The fourth-order valence-corrected chi connectivity index (χ4v) is 4.09. The number of aryl methyl sites for hydroxylation is 1. The van der Waals surface area contributed by atoms with Gasteiger partial charge >= 0.3 is 0 Å². The molecule has 2 atom stereocenters. The Balaban J connectivity index is 1.50. The topological polar surface area (TPSA) is 32.8 Å². The Bertz CT molecular complexity index is 520. The molecule has 0 aromatic heterocycles. The summed E-state index contributed by atoms with van der Waals surface area (Å²) in [6, 6.07) is 11.1. The van der Waals surface area contributed by atoms with Gasteiger partial charge in [-0.2, -0.15) is 0 Å². The minimum Gasteiger partial charge on any atom is -0.372 e. The Hall–Kier alpha value is -1.39. The number of piperidine rings is 1. The van der Waals surface area contributed by atoms with Crippen molar-refractivity contribution in [3.63, 3.8) is 0 Å².